The van der Waals surface area contributed by atoms with Crippen molar-refractivity contribution in [2.24, 2.45) is 0 Å². The van der Waals surface area contributed by atoms with Crippen LogP contribution in [-0.2, 0) is 22.0 Å². The summed E-state index contributed by atoms with van der Waals surface area (Å²) in [7, 11) is -0.907. The van der Waals surface area contributed by atoms with Crippen molar-refractivity contribution >= 4 is 16.7 Å². The van der Waals surface area contributed by atoms with Crippen LogP contribution in [0.4, 0.5) is 0 Å². The maximum Gasteiger partial charge on any atom is 0.241 e. The third kappa shape index (κ3) is 3.46. The Kier molecular flexibility index (Phi) is 4.94. The van der Waals surface area contributed by atoms with Gasteiger partial charge in [-0.3, -0.25) is 14.3 Å². The maximum atomic E-state index is 12.4. The molecule has 1 aliphatic heterocycles. The average Bonchev–Trinajstić information content (AvgIpc) is 2.67. The van der Waals surface area contributed by atoms with Gasteiger partial charge < -0.3 is 4.90 Å². The lowest BCUT2D eigenvalue weighted by atomic mass is 10.1. The molecule has 4 atom stereocenters. The number of benzene rings is 1. The highest BCUT2D eigenvalue weighted by Gasteiger charge is 2.37. The van der Waals surface area contributed by atoms with Gasteiger partial charge in [-0.2, -0.15) is 0 Å². The Morgan fingerprint density at radius 2 is 2.00 bits per heavy atom. The largest absolute Gasteiger partial charge is 0.325 e. The number of carbonyl (C=O) groups is 1. The molecule has 1 saturated heterocycles. The normalized spacial score (nSPS) is 25.8. The SMILES string of the molecule is CC1NC(Cc2ccccc2)C(=O)N1CC(C)S(C)=O. The van der Waals surface area contributed by atoms with Crippen molar-refractivity contribution in [1.82, 2.24) is 10.2 Å². The average molecular weight is 294 g/mol. The van der Waals surface area contributed by atoms with Crippen LogP contribution in [0.3, 0.4) is 0 Å². The van der Waals surface area contributed by atoms with E-state index in [2.05, 4.69) is 5.32 Å². The molecule has 1 aliphatic rings. The predicted molar refractivity (Wildman–Crippen MR) is 81.8 cm³/mol. The minimum absolute atomic E-state index is 0.00123. The van der Waals surface area contributed by atoms with Crippen LogP contribution in [0.25, 0.3) is 0 Å². The van der Waals surface area contributed by atoms with Gasteiger partial charge in [-0.15, -0.1) is 0 Å². The first-order chi connectivity index (χ1) is 9.49. The molecule has 1 amide bonds. The smallest absolute Gasteiger partial charge is 0.241 e. The van der Waals surface area contributed by atoms with Crippen molar-refractivity contribution in [2.45, 2.75) is 37.7 Å². The number of hydrogen-bond donors (Lipinski definition) is 1. The van der Waals surface area contributed by atoms with E-state index >= 15 is 0 Å². The Bertz CT molecular complexity index is 492. The Labute approximate surface area is 123 Å². The van der Waals surface area contributed by atoms with E-state index in [9.17, 15) is 9.00 Å². The molecule has 20 heavy (non-hydrogen) atoms. The van der Waals surface area contributed by atoms with Gasteiger partial charge in [-0.1, -0.05) is 30.3 Å². The molecule has 4 nitrogen and oxygen atoms in total. The van der Waals surface area contributed by atoms with Crippen LogP contribution in [-0.4, -0.2) is 45.3 Å². The van der Waals surface area contributed by atoms with E-state index in [0.717, 1.165) is 5.56 Å². The van der Waals surface area contributed by atoms with Crippen molar-refractivity contribution in [3.63, 3.8) is 0 Å². The molecule has 1 aromatic rings. The summed E-state index contributed by atoms with van der Waals surface area (Å²) in [4.78, 5) is 14.2. The van der Waals surface area contributed by atoms with E-state index in [4.69, 9.17) is 0 Å². The molecular weight excluding hydrogens is 272 g/mol. The first kappa shape index (κ1) is 15.2. The van der Waals surface area contributed by atoms with Crippen LogP contribution < -0.4 is 5.32 Å². The molecule has 2 rings (SSSR count). The fourth-order valence-corrected chi connectivity index (χ4v) is 2.84. The van der Waals surface area contributed by atoms with E-state index in [1.165, 1.54) is 0 Å². The second kappa shape index (κ2) is 6.50. The zero-order chi connectivity index (χ0) is 14.7. The van der Waals surface area contributed by atoms with Gasteiger partial charge in [0, 0.05) is 28.9 Å². The van der Waals surface area contributed by atoms with Crippen molar-refractivity contribution in [2.75, 3.05) is 12.8 Å². The molecule has 0 aliphatic carbocycles. The first-order valence-corrected chi connectivity index (χ1v) is 8.54. The number of hydrogen-bond acceptors (Lipinski definition) is 3. The van der Waals surface area contributed by atoms with Crippen LogP contribution in [0.15, 0.2) is 30.3 Å². The van der Waals surface area contributed by atoms with Gasteiger partial charge in [0.1, 0.15) is 0 Å². The van der Waals surface area contributed by atoms with Crippen molar-refractivity contribution in [3.8, 4) is 0 Å². The summed E-state index contributed by atoms with van der Waals surface area (Å²) in [6.07, 6.45) is 2.39. The lowest BCUT2D eigenvalue weighted by Gasteiger charge is -2.23. The van der Waals surface area contributed by atoms with Crippen LogP contribution in [0.5, 0.6) is 0 Å². The van der Waals surface area contributed by atoms with Gasteiger partial charge in [-0.05, 0) is 25.8 Å². The Morgan fingerprint density at radius 1 is 1.35 bits per heavy atom. The fourth-order valence-electron chi connectivity index (χ4n) is 2.47. The molecule has 1 heterocycles. The predicted octanol–water partition coefficient (Wildman–Crippen LogP) is 1.14. The molecule has 1 fully saturated rings. The first-order valence-electron chi connectivity index (χ1n) is 6.91. The topological polar surface area (TPSA) is 49.4 Å². The van der Waals surface area contributed by atoms with E-state index in [1.54, 1.807) is 11.2 Å². The van der Waals surface area contributed by atoms with Crippen LogP contribution >= 0.6 is 0 Å². The summed E-state index contributed by atoms with van der Waals surface area (Å²) in [5.74, 6) is 0.110. The van der Waals surface area contributed by atoms with Gasteiger partial charge >= 0.3 is 0 Å². The maximum absolute atomic E-state index is 12.4. The van der Waals surface area contributed by atoms with Gasteiger partial charge in [0.15, 0.2) is 0 Å². The fraction of sp³-hybridized carbons (Fsp3) is 0.533. The van der Waals surface area contributed by atoms with Crippen molar-refractivity contribution in [3.05, 3.63) is 35.9 Å². The van der Waals surface area contributed by atoms with Gasteiger partial charge in [0.05, 0.1) is 12.2 Å². The standard InChI is InChI=1S/C15H22N2O2S/c1-11(20(3)19)10-17-12(2)16-14(15(17)18)9-13-7-5-4-6-8-13/h4-8,11-12,14,16H,9-10H2,1-3H3. The van der Waals surface area contributed by atoms with Crippen molar-refractivity contribution < 1.29 is 9.00 Å². The zero-order valence-corrected chi connectivity index (χ0v) is 13.0. The monoisotopic (exact) mass is 294 g/mol. The number of rotatable bonds is 5. The van der Waals surface area contributed by atoms with Gasteiger partial charge in [0.25, 0.3) is 0 Å². The zero-order valence-electron chi connectivity index (χ0n) is 12.2. The van der Waals surface area contributed by atoms with Crippen LogP contribution in [0.1, 0.15) is 19.4 Å². The Balaban J connectivity index is 2.01. The molecule has 4 unspecified atom stereocenters. The highest BCUT2D eigenvalue weighted by Crippen LogP contribution is 2.16. The third-order valence-corrected chi connectivity index (χ3v) is 5.08. The van der Waals surface area contributed by atoms with E-state index in [-0.39, 0.29) is 23.4 Å². The minimum atomic E-state index is -0.907. The number of nitrogens with zero attached hydrogens (tertiary/aromatic N) is 1. The molecule has 0 spiro atoms. The molecule has 0 bridgehead atoms. The quantitative estimate of drug-likeness (QED) is 0.886. The molecule has 110 valence electrons. The van der Waals surface area contributed by atoms with E-state index in [0.29, 0.717) is 13.0 Å². The van der Waals surface area contributed by atoms with Gasteiger partial charge in [0.2, 0.25) is 5.91 Å². The minimum Gasteiger partial charge on any atom is -0.325 e. The second-order valence-electron chi connectivity index (χ2n) is 5.38. The molecule has 0 radical (unpaired) electrons. The summed E-state index contributed by atoms with van der Waals surface area (Å²) in [6.45, 7) is 4.44. The number of amides is 1. The highest BCUT2D eigenvalue weighted by molar-refractivity contribution is 7.84. The molecule has 1 N–H and O–H groups in total. The number of nitrogens with one attached hydrogen (secondary N) is 1. The second-order valence-corrected chi connectivity index (χ2v) is 7.19. The Morgan fingerprint density at radius 3 is 2.60 bits per heavy atom. The van der Waals surface area contributed by atoms with Crippen LogP contribution in [0, 0.1) is 0 Å². The van der Waals surface area contributed by atoms with Crippen LogP contribution in [0.2, 0.25) is 0 Å². The summed E-state index contributed by atoms with van der Waals surface area (Å²) in [5.41, 5.74) is 1.15. The Hall–Kier alpha value is -1.20. The molecule has 5 heteroatoms. The lowest BCUT2D eigenvalue weighted by molar-refractivity contribution is -0.129. The summed E-state index contributed by atoms with van der Waals surface area (Å²) >= 11 is 0. The third-order valence-electron chi connectivity index (χ3n) is 3.79. The molecular formula is C15H22N2O2S. The molecule has 0 aromatic heterocycles. The molecule has 0 saturated carbocycles. The van der Waals surface area contributed by atoms with Gasteiger partial charge in [-0.25, -0.2) is 0 Å². The van der Waals surface area contributed by atoms with E-state index < -0.39 is 10.8 Å². The number of carbonyl (C=O) groups excluding carboxylic acids is 1. The summed E-state index contributed by atoms with van der Waals surface area (Å²) in [5, 5.41) is 3.32. The lowest BCUT2D eigenvalue weighted by Crippen LogP contribution is -2.40. The van der Waals surface area contributed by atoms with Crippen molar-refractivity contribution in [1.29, 1.82) is 0 Å². The summed E-state index contributed by atoms with van der Waals surface area (Å²) in [6, 6.07) is 9.83. The highest BCUT2D eigenvalue weighted by atomic mass is 32.2. The summed E-state index contributed by atoms with van der Waals surface area (Å²) < 4.78 is 11.5. The molecule has 1 aromatic carbocycles. The van der Waals surface area contributed by atoms with E-state index in [1.807, 2.05) is 44.2 Å².